The number of rotatable bonds is 5. The number of nitrogens with zero attached hydrogens (tertiary/aromatic N) is 2. The zero-order valence-electron chi connectivity index (χ0n) is 17.0. The average Bonchev–Trinajstić information content (AvgIpc) is 3.02. The van der Waals surface area contributed by atoms with Gasteiger partial charge in [0.25, 0.3) is 0 Å². The summed E-state index contributed by atoms with van der Waals surface area (Å²) in [6.45, 7) is 10.4. The number of alkyl carbamates (subject to hydrolysis) is 1. The molecule has 0 saturated carbocycles. The van der Waals surface area contributed by atoms with Crippen molar-refractivity contribution >= 4 is 12.1 Å². The molecule has 2 rings (SSSR count). The van der Waals surface area contributed by atoms with Crippen molar-refractivity contribution in [3.63, 3.8) is 0 Å². The van der Waals surface area contributed by atoms with E-state index in [-0.39, 0.29) is 12.1 Å². The van der Waals surface area contributed by atoms with E-state index >= 15 is 0 Å². The van der Waals surface area contributed by atoms with Crippen molar-refractivity contribution in [2.45, 2.75) is 45.8 Å². The zero-order chi connectivity index (χ0) is 19.9. The number of amides is 1. The number of aliphatic imine (C=N–C) groups is 1. The highest BCUT2D eigenvalue weighted by Gasteiger charge is 2.27. The predicted octanol–water partition coefficient (Wildman–Crippen LogP) is 2.55. The van der Waals surface area contributed by atoms with Crippen LogP contribution >= 0.6 is 0 Å². The number of para-hydroxylation sites is 1. The summed E-state index contributed by atoms with van der Waals surface area (Å²) in [5, 5.41) is 6.25. The topological polar surface area (TPSA) is 75.2 Å². The molecular weight excluding hydrogens is 344 g/mol. The van der Waals surface area contributed by atoms with E-state index in [1.54, 1.807) is 7.05 Å². The highest BCUT2D eigenvalue weighted by atomic mass is 16.6. The lowest BCUT2D eigenvalue weighted by Gasteiger charge is -2.23. The van der Waals surface area contributed by atoms with Crippen molar-refractivity contribution < 1.29 is 14.3 Å². The number of guanidine groups is 1. The molecule has 150 valence electrons. The third-order valence-electron chi connectivity index (χ3n) is 4.16. The Balaban J connectivity index is 1.73. The number of ether oxygens (including phenoxy) is 2. The number of hydrogen-bond acceptors (Lipinski definition) is 4. The standard InChI is InChI=1S/C20H32N4O3/c1-15-8-6-7-9-17(15)26-13-11-22-18(21-5)24-12-10-16(14-24)23-19(25)27-20(2,3)4/h6-9,16H,10-14H2,1-5H3,(H,21,22)(H,23,25). The number of likely N-dealkylation sites (tertiary alicyclic amines) is 1. The third kappa shape index (κ3) is 7.00. The number of nitrogens with one attached hydrogen (secondary N) is 2. The Hall–Kier alpha value is -2.44. The Morgan fingerprint density at radius 1 is 1.33 bits per heavy atom. The molecule has 0 spiro atoms. The van der Waals surface area contributed by atoms with Crippen molar-refractivity contribution in [1.29, 1.82) is 0 Å². The van der Waals surface area contributed by atoms with Crippen molar-refractivity contribution in [2.75, 3.05) is 33.3 Å². The van der Waals surface area contributed by atoms with Crippen LogP contribution in [0, 0.1) is 6.92 Å². The van der Waals surface area contributed by atoms with E-state index in [2.05, 4.69) is 20.5 Å². The monoisotopic (exact) mass is 376 g/mol. The molecule has 1 fully saturated rings. The van der Waals surface area contributed by atoms with Gasteiger partial charge in [-0.2, -0.15) is 0 Å². The smallest absolute Gasteiger partial charge is 0.407 e. The van der Waals surface area contributed by atoms with Crippen LogP contribution < -0.4 is 15.4 Å². The van der Waals surface area contributed by atoms with E-state index < -0.39 is 5.60 Å². The van der Waals surface area contributed by atoms with Gasteiger partial charge in [-0.05, 0) is 45.7 Å². The minimum Gasteiger partial charge on any atom is -0.491 e. The van der Waals surface area contributed by atoms with Gasteiger partial charge < -0.3 is 25.0 Å². The lowest BCUT2D eigenvalue weighted by molar-refractivity contribution is 0.0507. The van der Waals surface area contributed by atoms with E-state index in [0.717, 1.165) is 30.2 Å². The van der Waals surface area contributed by atoms with Gasteiger partial charge in [-0.3, -0.25) is 4.99 Å². The molecule has 0 bridgehead atoms. The van der Waals surface area contributed by atoms with E-state index in [4.69, 9.17) is 9.47 Å². The molecular formula is C20H32N4O3. The Morgan fingerprint density at radius 3 is 2.74 bits per heavy atom. The fraction of sp³-hybridized carbons (Fsp3) is 0.600. The molecule has 1 aliphatic rings. The second-order valence-electron chi connectivity index (χ2n) is 7.67. The molecule has 1 aromatic carbocycles. The first-order valence-electron chi connectivity index (χ1n) is 9.42. The zero-order valence-corrected chi connectivity index (χ0v) is 17.0. The first-order chi connectivity index (χ1) is 12.8. The van der Waals surface area contributed by atoms with Crippen LogP contribution in [0.3, 0.4) is 0 Å². The summed E-state index contributed by atoms with van der Waals surface area (Å²) in [6, 6.07) is 8.02. The average molecular weight is 377 g/mol. The minimum absolute atomic E-state index is 0.0571. The van der Waals surface area contributed by atoms with E-state index in [1.807, 2.05) is 52.0 Å². The number of hydrogen-bond donors (Lipinski definition) is 2. The summed E-state index contributed by atoms with van der Waals surface area (Å²) in [5.74, 6) is 1.72. The minimum atomic E-state index is -0.489. The molecule has 1 amide bonds. The maximum atomic E-state index is 11.9. The van der Waals surface area contributed by atoms with E-state index in [9.17, 15) is 4.79 Å². The molecule has 0 aliphatic carbocycles. The van der Waals surface area contributed by atoms with Crippen LogP contribution in [-0.2, 0) is 4.74 Å². The van der Waals surface area contributed by atoms with Crippen molar-refractivity contribution in [3.8, 4) is 5.75 Å². The second kappa shape index (κ2) is 9.48. The number of carbonyl (C=O) groups excluding carboxylic acids is 1. The molecule has 7 nitrogen and oxygen atoms in total. The largest absolute Gasteiger partial charge is 0.491 e. The highest BCUT2D eigenvalue weighted by Crippen LogP contribution is 2.16. The van der Waals surface area contributed by atoms with E-state index in [0.29, 0.717) is 19.7 Å². The molecule has 1 aliphatic heterocycles. The number of carbonyl (C=O) groups is 1. The van der Waals surface area contributed by atoms with Crippen molar-refractivity contribution in [3.05, 3.63) is 29.8 Å². The van der Waals surface area contributed by atoms with Gasteiger partial charge in [-0.15, -0.1) is 0 Å². The maximum Gasteiger partial charge on any atom is 0.407 e. The number of benzene rings is 1. The van der Waals surface area contributed by atoms with Gasteiger partial charge in [-0.1, -0.05) is 18.2 Å². The second-order valence-corrected chi connectivity index (χ2v) is 7.67. The van der Waals surface area contributed by atoms with Gasteiger partial charge in [0.05, 0.1) is 12.6 Å². The normalized spacial score (nSPS) is 17.6. The molecule has 27 heavy (non-hydrogen) atoms. The summed E-state index contributed by atoms with van der Waals surface area (Å²) < 4.78 is 11.1. The van der Waals surface area contributed by atoms with Crippen molar-refractivity contribution in [1.82, 2.24) is 15.5 Å². The van der Waals surface area contributed by atoms with Gasteiger partial charge in [0.2, 0.25) is 0 Å². The Bertz CT molecular complexity index is 655. The van der Waals surface area contributed by atoms with Crippen LogP contribution in [0.25, 0.3) is 0 Å². The SMILES string of the molecule is CN=C(NCCOc1ccccc1C)N1CCC(NC(=O)OC(C)(C)C)C1. The Labute approximate surface area is 162 Å². The summed E-state index contributed by atoms with van der Waals surface area (Å²) in [6.07, 6.45) is 0.489. The van der Waals surface area contributed by atoms with Gasteiger partial charge >= 0.3 is 6.09 Å². The fourth-order valence-electron chi connectivity index (χ4n) is 2.92. The Kier molecular flexibility index (Phi) is 7.33. The predicted molar refractivity (Wildman–Crippen MR) is 107 cm³/mol. The van der Waals surface area contributed by atoms with Gasteiger partial charge in [0, 0.05) is 20.1 Å². The highest BCUT2D eigenvalue weighted by molar-refractivity contribution is 5.80. The molecule has 7 heteroatoms. The summed E-state index contributed by atoms with van der Waals surface area (Å²) >= 11 is 0. The molecule has 2 N–H and O–H groups in total. The molecule has 1 aromatic rings. The van der Waals surface area contributed by atoms with E-state index in [1.165, 1.54) is 0 Å². The summed E-state index contributed by atoms with van der Waals surface area (Å²) in [7, 11) is 1.76. The molecule has 1 heterocycles. The molecule has 0 radical (unpaired) electrons. The third-order valence-corrected chi connectivity index (χ3v) is 4.16. The molecule has 1 unspecified atom stereocenters. The van der Waals surface area contributed by atoms with Crippen molar-refractivity contribution in [2.24, 2.45) is 4.99 Å². The van der Waals surface area contributed by atoms with Crippen LogP contribution in [0.5, 0.6) is 5.75 Å². The van der Waals surface area contributed by atoms with Gasteiger partial charge in [0.15, 0.2) is 5.96 Å². The maximum absolute atomic E-state index is 11.9. The summed E-state index contributed by atoms with van der Waals surface area (Å²) in [5.41, 5.74) is 0.634. The lowest BCUT2D eigenvalue weighted by atomic mass is 10.2. The lowest BCUT2D eigenvalue weighted by Crippen LogP contribution is -2.45. The van der Waals surface area contributed by atoms with Crippen LogP contribution in [0.15, 0.2) is 29.3 Å². The molecule has 1 saturated heterocycles. The van der Waals surface area contributed by atoms with Crippen LogP contribution in [0.1, 0.15) is 32.8 Å². The van der Waals surface area contributed by atoms with Crippen LogP contribution in [-0.4, -0.2) is 61.9 Å². The Morgan fingerprint density at radius 2 is 2.07 bits per heavy atom. The van der Waals surface area contributed by atoms with Gasteiger partial charge in [0.1, 0.15) is 18.0 Å². The number of aryl methyl sites for hydroxylation is 1. The first-order valence-corrected chi connectivity index (χ1v) is 9.42. The van der Waals surface area contributed by atoms with Gasteiger partial charge in [-0.25, -0.2) is 4.79 Å². The first kappa shape index (κ1) is 20.9. The quantitative estimate of drug-likeness (QED) is 0.469. The molecule has 0 aromatic heterocycles. The van der Waals surface area contributed by atoms with Crippen LogP contribution in [0.2, 0.25) is 0 Å². The fourth-order valence-corrected chi connectivity index (χ4v) is 2.92. The summed E-state index contributed by atoms with van der Waals surface area (Å²) in [4.78, 5) is 18.4. The molecule has 1 atom stereocenters. The van der Waals surface area contributed by atoms with Crippen LogP contribution in [0.4, 0.5) is 4.79 Å².